The molecule has 0 fully saturated rings. The molecule has 0 radical (unpaired) electrons. The number of hydrogen-bond acceptors (Lipinski definition) is 7. The lowest BCUT2D eigenvalue weighted by atomic mass is 9.95. The molecule has 0 spiro atoms. The van der Waals surface area contributed by atoms with Crippen molar-refractivity contribution in [1.82, 2.24) is 15.3 Å². The van der Waals surface area contributed by atoms with Gasteiger partial charge in [-0.2, -0.15) is 18.2 Å². The number of hydrogen-bond donors (Lipinski definition) is 1. The Kier molecular flexibility index (Phi) is 4.50. The van der Waals surface area contributed by atoms with Crippen LogP contribution in [0.4, 0.5) is 13.2 Å². The summed E-state index contributed by atoms with van der Waals surface area (Å²) in [6.45, 7) is 1.47. The number of aryl methyl sites for hydroxylation is 1. The summed E-state index contributed by atoms with van der Waals surface area (Å²) < 4.78 is 56.0. The summed E-state index contributed by atoms with van der Waals surface area (Å²) >= 11 is 0. The Morgan fingerprint density at radius 2 is 1.76 bits per heavy atom. The lowest BCUT2D eigenvalue weighted by molar-refractivity contribution is -0.273. The molecule has 1 aromatic carbocycles. The molecule has 4 aromatic rings. The minimum Gasteiger partial charge on any atom is -0.463 e. The molecule has 1 atom stereocenters. The average Bonchev–Trinajstić information content (AvgIpc) is 3.41. The fourth-order valence-corrected chi connectivity index (χ4v) is 2.76. The average molecular weight is 405 g/mol. The molecule has 1 N–H and O–H groups in total. The van der Waals surface area contributed by atoms with E-state index in [0.717, 1.165) is 11.6 Å². The molecule has 7 nitrogen and oxygen atoms in total. The van der Waals surface area contributed by atoms with Crippen LogP contribution in [0.2, 0.25) is 0 Å². The van der Waals surface area contributed by atoms with Crippen LogP contribution in [-0.2, 0) is 12.0 Å². The maximum absolute atomic E-state index is 13.6. The van der Waals surface area contributed by atoms with E-state index in [1.165, 1.54) is 19.1 Å². The van der Waals surface area contributed by atoms with Crippen molar-refractivity contribution in [3.05, 3.63) is 65.9 Å². The Morgan fingerprint density at radius 3 is 2.41 bits per heavy atom. The van der Waals surface area contributed by atoms with Gasteiger partial charge in [0.15, 0.2) is 17.3 Å². The second-order valence-corrected chi connectivity index (χ2v) is 6.40. The summed E-state index contributed by atoms with van der Waals surface area (Å²) in [4.78, 5) is 3.92. The van der Waals surface area contributed by atoms with Gasteiger partial charge in [-0.3, -0.25) is 0 Å². The summed E-state index contributed by atoms with van der Waals surface area (Å²) in [5.41, 5.74) is -2.39. The SMILES string of the molecule is Cc1ccc(C(O)(Cc2noc(-c3cc(-c4ccccc4)on3)n2)C(F)(F)F)o1. The zero-order valence-electron chi connectivity index (χ0n) is 15.0. The van der Waals surface area contributed by atoms with Crippen LogP contribution in [0.5, 0.6) is 0 Å². The van der Waals surface area contributed by atoms with Crippen LogP contribution in [0.25, 0.3) is 22.9 Å². The lowest BCUT2D eigenvalue weighted by Crippen LogP contribution is -2.44. The summed E-state index contributed by atoms with van der Waals surface area (Å²) in [5, 5.41) is 17.7. The second-order valence-electron chi connectivity index (χ2n) is 6.40. The monoisotopic (exact) mass is 405 g/mol. The first-order chi connectivity index (χ1) is 13.8. The molecule has 0 aliphatic rings. The van der Waals surface area contributed by atoms with Crippen molar-refractivity contribution < 1.29 is 31.7 Å². The van der Waals surface area contributed by atoms with Gasteiger partial charge >= 0.3 is 6.18 Å². The Bertz CT molecular complexity index is 1120. The van der Waals surface area contributed by atoms with Gasteiger partial charge in [0.25, 0.3) is 5.89 Å². The second kappa shape index (κ2) is 6.89. The number of aromatic nitrogens is 3. The van der Waals surface area contributed by atoms with Gasteiger partial charge in [0.05, 0.1) is 6.42 Å². The van der Waals surface area contributed by atoms with Crippen molar-refractivity contribution in [1.29, 1.82) is 0 Å². The quantitative estimate of drug-likeness (QED) is 0.529. The van der Waals surface area contributed by atoms with Crippen LogP contribution in [0, 0.1) is 6.92 Å². The van der Waals surface area contributed by atoms with Gasteiger partial charge in [0.1, 0.15) is 11.5 Å². The lowest BCUT2D eigenvalue weighted by Gasteiger charge is -2.27. The number of benzene rings is 1. The summed E-state index contributed by atoms with van der Waals surface area (Å²) in [6, 6.07) is 13.0. The third-order valence-electron chi connectivity index (χ3n) is 4.29. The fourth-order valence-electron chi connectivity index (χ4n) is 2.76. The molecule has 29 heavy (non-hydrogen) atoms. The highest BCUT2D eigenvalue weighted by Crippen LogP contribution is 2.42. The first-order valence-electron chi connectivity index (χ1n) is 8.47. The largest absolute Gasteiger partial charge is 0.463 e. The van der Waals surface area contributed by atoms with E-state index in [4.69, 9.17) is 13.5 Å². The number of rotatable bonds is 5. The molecule has 0 amide bonds. The molecule has 0 aliphatic carbocycles. The van der Waals surface area contributed by atoms with Gasteiger partial charge < -0.3 is 18.6 Å². The number of halogens is 3. The van der Waals surface area contributed by atoms with Crippen molar-refractivity contribution in [2.45, 2.75) is 25.1 Å². The highest BCUT2D eigenvalue weighted by molar-refractivity contribution is 5.62. The molecule has 150 valence electrons. The van der Waals surface area contributed by atoms with E-state index in [-0.39, 0.29) is 23.2 Å². The van der Waals surface area contributed by atoms with Crippen LogP contribution >= 0.6 is 0 Å². The standard InChI is InChI=1S/C19H14F3N3O4/c1-11-7-8-15(27-11)18(26,19(20,21)22)10-16-23-17(29-25-16)13-9-14(28-24-13)12-5-3-2-4-6-12/h2-9,26H,10H2,1H3. The number of alkyl halides is 3. The molecule has 0 aliphatic heterocycles. The Morgan fingerprint density at radius 1 is 1.00 bits per heavy atom. The fraction of sp³-hybridized carbons (Fsp3) is 0.211. The van der Waals surface area contributed by atoms with Crippen LogP contribution in [0.15, 0.2) is 62.0 Å². The van der Waals surface area contributed by atoms with Crippen LogP contribution < -0.4 is 0 Å². The molecule has 1 unspecified atom stereocenters. The third kappa shape index (κ3) is 3.54. The predicted octanol–water partition coefficient (Wildman–Crippen LogP) is 4.29. The Hall–Kier alpha value is -3.40. The molecule has 4 rings (SSSR count). The van der Waals surface area contributed by atoms with Crippen molar-refractivity contribution in [2.24, 2.45) is 0 Å². The zero-order valence-corrected chi connectivity index (χ0v) is 15.0. The van der Waals surface area contributed by atoms with Crippen molar-refractivity contribution in [3.8, 4) is 22.9 Å². The van der Waals surface area contributed by atoms with Gasteiger partial charge in [0, 0.05) is 11.6 Å². The number of aliphatic hydroxyl groups is 1. The molecular weight excluding hydrogens is 391 g/mol. The topological polar surface area (TPSA) is 98.3 Å². The summed E-state index contributed by atoms with van der Waals surface area (Å²) in [5.74, 6) is -0.489. The van der Waals surface area contributed by atoms with E-state index < -0.39 is 24.0 Å². The van der Waals surface area contributed by atoms with Crippen molar-refractivity contribution in [2.75, 3.05) is 0 Å². The minimum absolute atomic E-state index is 0.133. The highest BCUT2D eigenvalue weighted by Gasteiger charge is 2.58. The number of nitrogens with zero attached hydrogens (tertiary/aromatic N) is 3. The van der Waals surface area contributed by atoms with Gasteiger partial charge in [-0.15, -0.1) is 0 Å². The van der Waals surface area contributed by atoms with Crippen molar-refractivity contribution in [3.63, 3.8) is 0 Å². The maximum atomic E-state index is 13.6. The minimum atomic E-state index is -5.02. The molecule has 3 aromatic heterocycles. The van der Waals surface area contributed by atoms with E-state index in [9.17, 15) is 18.3 Å². The summed E-state index contributed by atoms with van der Waals surface area (Å²) in [6.07, 6.45) is -6.01. The van der Waals surface area contributed by atoms with Gasteiger partial charge in [0.2, 0.25) is 5.60 Å². The van der Waals surface area contributed by atoms with E-state index >= 15 is 0 Å². The van der Waals surface area contributed by atoms with Gasteiger partial charge in [-0.1, -0.05) is 40.6 Å². The molecule has 0 saturated carbocycles. The Labute approximate surface area is 161 Å². The molecular formula is C19H14F3N3O4. The van der Waals surface area contributed by atoms with Crippen molar-refractivity contribution >= 4 is 0 Å². The predicted molar refractivity (Wildman–Crippen MR) is 92.3 cm³/mol. The highest BCUT2D eigenvalue weighted by atomic mass is 19.4. The molecule has 3 heterocycles. The van der Waals surface area contributed by atoms with Crippen LogP contribution in [-0.4, -0.2) is 26.6 Å². The summed E-state index contributed by atoms with van der Waals surface area (Å²) in [7, 11) is 0. The smallest absolute Gasteiger partial charge is 0.425 e. The normalized spacial score (nSPS) is 14.1. The molecule has 0 bridgehead atoms. The zero-order chi connectivity index (χ0) is 20.6. The Balaban J connectivity index is 1.61. The van der Waals surface area contributed by atoms with E-state index in [0.29, 0.717) is 5.76 Å². The van der Waals surface area contributed by atoms with Gasteiger partial charge in [-0.05, 0) is 19.1 Å². The maximum Gasteiger partial charge on any atom is 0.425 e. The molecule has 0 saturated heterocycles. The van der Waals surface area contributed by atoms with Crippen LogP contribution in [0.3, 0.4) is 0 Å². The van der Waals surface area contributed by atoms with E-state index in [1.54, 1.807) is 12.1 Å². The first-order valence-corrected chi connectivity index (χ1v) is 8.47. The first kappa shape index (κ1) is 18.9. The number of furan rings is 1. The van der Waals surface area contributed by atoms with Gasteiger partial charge in [-0.25, -0.2) is 0 Å². The third-order valence-corrected chi connectivity index (χ3v) is 4.29. The van der Waals surface area contributed by atoms with E-state index in [1.807, 2.05) is 18.2 Å². The van der Waals surface area contributed by atoms with Crippen LogP contribution in [0.1, 0.15) is 17.3 Å². The van der Waals surface area contributed by atoms with E-state index in [2.05, 4.69) is 15.3 Å². The molecule has 10 heteroatoms.